The van der Waals surface area contributed by atoms with Crippen molar-refractivity contribution in [2.75, 3.05) is 32.3 Å². The molecule has 2 heterocycles. The standard InChI is InChI=1S/C23H24N2O4S/c1-27-18-9-5-16(6-10-18)21-15-30-23(24-21)25(14-20-4-3-13-29-20)22(26)17-7-11-19(28-2)12-8-17/h5-12,15,20H,3-4,13-14H2,1-2H3. The van der Waals surface area contributed by atoms with E-state index in [1.54, 1.807) is 43.4 Å². The van der Waals surface area contributed by atoms with Crippen molar-refractivity contribution in [2.45, 2.75) is 18.9 Å². The summed E-state index contributed by atoms with van der Waals surface area (Å²) in [5, 5.41) is 2.64. The number of rotatable bonds is 7. The van der Waals surface area contributed by atoms with E-state index in [2.05, 4.69) is 0 Å². The summed E-state index contributed by atoms with van der Waals surface area (Å²) < 4.78 is 16.2. The Balaban J connectivity index is 1.61. The van der Waals surface area contributed by atoms with Gasteiger partial charge in [0.25, 0.3) is 5.91 Å². The molecule has 6 nitrogen and oxygen atoms in total. The number of amides is 1. The first-order valence-electron chi connectivity index (χ1n) is 9.85. The van der Waals surface area contributed by atoms with Crippen molar-refractivity contribution in [2.24, 2.45) is 0 Å². The lowest BCUT2D eigenvalue weighted by Crippen LogP contribution is -2.37. The monoisotopic (exact) mass is 424 g/mol. The number of ether oxygens (including phenoxy) is 3. The molecule has 7 heteroatoms. The summed E-state index contributed by atoms with van der Waals surface area (Å²) in [6.45, 7) is 1.23. The lowest BCUT2D eigenvalue weighted by Gasteiger charge is -2.23. The van der Waals surface area contributed by atoms with Gasteiger partial charge in [-0.3, -0.25) is 9.69 Å². The maximum absolute atomic E-state index is 13.3. The van der Waals surface area contributed by atoms with E-state index in [-0.39, 0.29) is 12.0 Å². The molecule has 30 heavy (non-hydrogen) atoms. The molecule has 1 unspecified atom stereocenters. The van der Waals surface area contributed by atoms with E-state index in [1.807, 2.05) is 29.6 Å². The summed E-state index contributed by atoms with van der Waals surface area (Å²) in [6, 6.07) is 14.9. The van der Waals surface area contributed by atoms with E-state index in [4.69, 9.17) is 19.2 Å². The highest BCUT2D eigenvalue weighted by Gasteiger charge is 2.27. The Labute approximate surface area is 180 Å². The van der Waals surface area contributed by atoms with Gasteiger partial charge in [0.15, 0.2) is 5.13 Å². The van der Waals surface area contributed by atoms with Crippen molar-refractivity contribution in [3.8, 4) is 22.8 Å². The molecule has 0 radical (unpaired) electrons. The maximum atomic E-state index is 13.3. The maximum Gasteiger partial charge on any atom is 0.260 e. The minimum atomic E-state index is -0.0937. The number of carbonyl (C=O) groups excluding carboxylic acids is 1. The molecule has 1 aliphatic rings. The van der Waals surface area contributed by atoms with Crippen molar-refractivity contribution in [3.05, 3.63) is 59.5 Å². The first-order chi connectivity index (χ1) is 14.7. The fourth-order valence-corrected chi connectivity index (χ4v) is 4.25. The van der Waals surface area contributed by atoms with E-state index in [1.165, 1.54) is 11.3 Å². The van der Waals surface area contributed by atoms with Crippen LogP contribution in [0.1, 0.15) is 23.2 Å². The Morgan fingerprint density at radius 3 is 2.37 bits per heavy atom. The van der Waals surface area contributed by atoms with E-state index in [0.29, 0.717) is 23.0 Å². The van der Waals surface area contributed by atoms with Crippen LogP contribution in [0.2, 0.25) is 0 Å². The average molecular weight is 425 g/mol. The van der Waals surface area contributed by atoms with Crippen LogP contribution in [-0.4, -0.2) is 44.4 Å². The Morgan fingerprint density at radius 1 is 1.10 bits per heavy atom. The van der Waals surface area contributed by atoms with Gasteiger partial charge in [0.2, 0.25) is 0 Å². The van der Waals surface area contributed by atoms with Gasteiger partial charge in [-0.15, -0.1) is 11.3 Å². The van der Waals surface area contributed by atoms with E-state index < -0.39 is 0 Å². The zero-order valence-electron chi connectivity index (χ0n) is 17.0. The zero-order chi connectivity index (χ0) is 20.9. The topological polar surface area (TPSA) is 60.9 Å². The van der Waals surface area contributed by atoms with Crippen LogP contribution >= 0.6 is 11.3 Å². The number of nitrogens with zero attached hydrogens (tertiary/aromatic N) is 2. The summed E-state index contributed by atoms with van der Waals surface area (Å²) in [6.07, 6.45) is 1.99. The molecule has 1 amide bonds. The van der Waals surface area contributed by atoms with E-state index in [9.17, 15) is 4.79 Å². The second kappa shape index (κ2) is 9.28. The molecule has 0 N–H and O–H groups in total. The number of hydrogen-bond donors (Lipinski definition) is 0. The van der Waals surface area contributed by atoms with Gasteiger partial charge in [-0.1, -0.05) is 0 Å². The van der Waals surface area contributed by atoms with Gasteiger partial charge in [0.1, 0.15) is 11.5 Å². The summed E-state index contributed by atoms with van der Waals surface area (Å²) in [4.78, 5) is 19.8. The normalized spacial score (nSPS) is 15.7. The Kier molecular flexibility index (Phi) is 6.30. The summed E-state index contributed by atoms with van der Waals surface area (Å²) in [5.41, 5.74) is 2.40. The molecule has 0 aliphatic carbocycles. The number of benzene rings is 2. The predicted octanol–water partition coefficient (Wildman–Crippen LogP) is 4.65. The fraction of sp³-hybridized carbons (Fsp3) is 0.304. The summed E-state index contributed by atoms with van der Waals surface area (Å²) >= 11 is 1.46. The molecule has 1 aromatic heterocycles. The Hall–Kier alpha value is -2.90. The molecule has 1 saturated heterocycles. The third-order valence-electron chi connectivity index (χ3n) is 5.10. The van der Waals surface area contributed by atoms with Crippen LogP contribution in [0.15, 0.2) is 53.9 Å². The molecule has 2 aromatic carbocycles. The minimum absolute atomic E-state index is 0.0283. The van der Waals surface area contributed by atoms with Gasteiger partial charge in [-0.25, -0.2) is 4.98 Å². The molecule has 0 spiro atoms. The third kappa shape index (κ3) is 4.47. The second-order valence-corrected chi connectivity index (χ2v) is 7.86. The third-order valence-corrected chi connectivity index (χ3v) is 5.96. The highest BCUT2D eigenvalue weighted by molar-refractivity contribution is 7.14. The number of anilines is 1. The van der Waals surface area contributed by atoms with Gasteiger partial charge in [-0.2, -0.15) is 0 Å². The van der Waals surface area contributed by atoms with E-state index in [0.717, 1.165) is 36.5 Å². The largest absolute Gasteiger partial charge is 0.497 e. The van der Waals surface area contributed by atoms with E-state index >= 15 is 0 Å². The predicted molar refractivity (Wildman–Crippen MR) is 118 cm³/mol. The van der Waals surface area contributed by atoms with Crippen LogP contribution < -0.4 is 14.4 Å². The van der Waals surface area contributed by atoms with Crippen LogP contribution in [0, 0.1) is 0 Å². The van der Waals surface area contributed by atoms with Crippen LogP contribution in [-0.2, 0) is 4.74 Å². The van der Waals surface area contributed by atoms with Crippen LogP contribution in [0.3, 0.4) is 0 Å². The zero-order valence-corrected chi connectivity index (χ0v) is 17.9. The number of methoxy groups -OCH3 is 2. The SMILES string of the molecule is COc1ccc(C(=O)N(CC2CCCO2)c2nc(-c3ccc(OC)cc3)cs2)cc1. The average Bonchev–Trinajstić information content (AvgIpc) is 3.49. The molecule has 0 saturated carbocycles. The molecule has 1 fully saturated rings. The first-order valence-corrected chi connectivity index (χ1v) is 10.7. The van der Waals surface area contributed by atoms with Crippen LogP contribution in [0.5, 0.6) is 11.5 Å². The lowest BCUT2D eigenvalue weighted by molar-refractivity contribution is 0.0917. The molecule has 4 rings (SSSR count). The molecule has 3 aromatic rings. The first kappa shape index (κ1) is 20.4. The van der Waals surface area contributed by atoms with Crippen LogP contribution in [0.25, 0.3) is 11.3 Å². The van der Waals surface area contributed by atoms with Gasteiger partial charge in [0, 0.05) is 23.1 Å². The van der Waals surface area contributed by atoms with Crippen molar-refractivity contribution >= 4 is 22.4 Å². The highest BCUT2D eigenvalue weighted by atomic mass is 32.1. The lowest BCUT2D eigenvalue weighted by atomic mass is 10.1. The quantitative estimate of drug-likeness (QED) is 0.552. The molecule has 1 aliphatic heterocycles. The van der Waals surface area contributed by atoms with Crippen molar-refractivity contribution in [1.29, 1.82) is 0 Å². The summed E-state index contributed by atoms with van der Waals surface area (Å²) in [7, 11) is 3.25. The fourth-order valence-electron chi connectivity index (χ4n) is 3.41. The molecule has 0 bridgehead atoms. The van der Waals surface area contributed by atoms with Crippen molar-refractivity contribution in [3.63, 3.8) is 0 Å². The van der Waals surface area contributed by atoms with Crippen LogP contribution in [0.4, 0.5) is 5.13 Å². The van der Waals surface area contributed by atoms with Gasteiger partial charge in [0.05, 0.1) is 32.6 Å². The Bertz CT molecular complexity index is 979. The molecular formula is C23H24N2O4S. The summed E-state index contributed by atoms with van der Waals surface area (Å²) in [5.74, 6) is 1.42. The number of aromatic nitrogens is 1. The van der Waals surface area contributed by atoms with Gasteiger partial charge < -0.3 is 14.2 Å². The van der Waals surface area contributed by atoms with Crippen molar-refractivity contribution in [1.82, 2.24) is 4.98 Å². The smallest absolute Gasteiger partial charge is 0.260 e. The number of thiazole rings is 1. The van der Waals surface area contributed by atoms with Crippen molar-refractivity contribution < 1.29 is 19.0 Å². The highest BCUT2D eigenvalue weighted by Crippen LogP contribution is 2.30. The second-order valence-electron chi connectivity index (χ2n) is 7.02. The Morgan fingerprint density at radius 2 is 1.77 bits per heavy atom. The molecule has 156 valence electrons. The minimum Gasteiger partial charge on any atom is -0.497 e. The van der Waals surface area contributed by atoms with Gasteiger partial charge in [-0.05, 0) is 61.4 Å². The van der Waals surface area contributed by atoms with Gasteiger partial charge >= 0.3 is 0 Å². The number of carbonyl (C=O) groups is 1. The molecule has 1 atom stereocenters. The number of hydrogen-bond acceptors (Lipinski definition) is 6. The molecular weight excluding hydrogens is 400 g/mol.